The number of benzene rings is 1. The number of fused-ring (bicyclic) bond motifs is 2. The van der Waals surface area contributed by atoms with Crippen molar-refractivity contribution in [3.63, 3.8) is 0 Å². The highest BCUT2D eigenvalue weighted by atomic mass is 35.5. The van der Waals surface area contributed by atoms with Crippen LogP contribution in [-0.4, -0.2) is 19.6 Å². The van der Waals surface area contributed by atoms with Crippen LogP contribution in [0.25, 0.3) is 17.4 Å². The highest BCUT2D eigenvalue weighted by Gasteiger charge is 2.22. The fourth-order valence-corrected chi connectivity index (χ4v) is 3.57. The molecule has 4 aromatic rings. The van der Waals surface area contributed by atoms with Crippen LogP contribution < -0.4 is 5.32 Å². The maximum Gasteiger partial charge on any atom is 0.255 e. The second kappa shape index (κ2) is 6.14. The Morgan fingerprint density at radius 1 is 1.08 bits per heavy atom. The normalized spacial score (nSPS) is 13.7. The van der Waals surface area contributed by atoms with Gasteiger partial charge in [0, 0.05) is 16.3 Å². The van der Waals surface area contributed by atoms with E-state index in [-0.39, 0.29) is 0 Å². The van der Waals surface area contributed by atoms with Crippen LogP contribution in [0.1, 0.15) is 24.1 Å². The lowest BCUT2D eigenvalue weighted by Crippen LogP contribution is -2.13. The van der Waals surface area contributed by atoms with E-state index in [2.05, 4.69) is 15.4 Å². The lowest BCUT2D eigenvalue weighted by molar-refractivity contribution is 0.577. The maximum absolute atomic E-state index is 6.14. The predicted octanol–water partition coefficient (Wildman–Crippen LogP) is 4.66. The van der Waals surface area contributed by atoms with Crippen molar-refractivity contribution in [3.05, 3.63) is 58.9 Å². The van der Waals surface area contributed by atoms with Crippen molar-refractivity contribution >= 4 is 28.9 Å². The molecule has 6 nitrogen and oxygen atoms in total. The van der Waals surface area contributed by atoms with Crippen LogP contribution in [0.3, 0.4) is 0 Å². The first-order valence-electron chi connectivity index (χ1n) is 8.63. The summed E-state index contributed by atoms with van der Waals surface area (Å²) in [6.07, 6.45) is 5.83. The van der Waals surface area contributed by atoms with Gasteiger partial charge in [0.25, 0.3) is 5.78 Å². The molecule has 5 rings (SSSR count). The number of halogens is 1. The molecule has 0 spiro atoms. The average Bonchev–Trinajstić information content (AvgIpc) is 3.31. The number of hydrogen-bond donors (Lipinski definition) is 1. The molecule has 0 fully saturated rings. The number of hydrogen-bond acceptors (Lipinski definition) is 5. The highest BCUT2D eigenvalue weighted by Crippen LogP contribution is 2.31. The summed E-state index contributed by atoms with van der Waals surface area (Å²) in [7, 11) is 0. The minimum absolute atomic E-state index is 0.527. The average molecular weight is 366 g/mol. The number of nitrogens with one attached hydrogen (secondary N) is 1. The smallest absolute Gasteiger partial charge is 0.255 e. The molecule has 0 aliphatic heterocycles. The molecule has 1 N–H and O–H groups in total. The Kier molecular flexibility index (Phi) is 3.64. The Morgan fingerprint density at radius 3 is 2.85 bits per heavy atom. The van der Waals surface area contributed by atoms with Gasteiger partial charge in [-0.05, 0) is 56.0 Å². The topological polar surface area (TPSA) is 68.2 Å². The van der Waals surface area contributed by atoms with Gasteiger partial charge in [-0.25, -0.2) is 4.98 Å². The third-order valence-corrected chi connectivity index (χ3v) is 4.83. The minimum Gasteiger partial charge on any atom is -0.461 e. The molecule has 3 heterocycles. The monoisotopic (exact) mass is 365 g/mol. The molecule has 26 heavy (non-hydrogen) atoms. The Labute approximate surface area is 154 Å². The molecule has 0 unspecified atom stereocenters. The first kappa shape index (κ1) is 15.4. The van der Waals surface area contributed by atoms with Crippen LogP contribution in [0.4, 0.5) is 11.5 Å². The molecule has 0 radical (unpaired) electrons. The summed E-state index contributed by atoms with van der Waals surface area (Å²) >= 11 is 6.14. The molecular formula is C19H16ClN5O. The number of rotatable bonds is 3. The third-order valence-electron chi connectivity index (χ3n) is 4.59. The van der Waals surface area contributed by atoms with E-state index in [0.717, 1.165) is 42.9 Å². The van der Waals surface area contributed by atoms with Crippen LogP contribution >= 0.6 is 11.6 Å². The number of aryl methyl sites for hydroxylation is 1. The van der Waals surface area contributed by atoms with Crippen molar-refractivity contribution in [2.45, 2.75) is 25.7 Å². The van der Waals surface area contributed by atoms with Crippen molar-refractivity contribution in [1.29, 1.82) is 0 Å². The molecular weight excluding hydrogens is 350 g/mol. The van der Waals surface area contributed by atoms with Crippen LogP contribution in [0.2, 0.25) is 5.02 Å². The zero-order valence-corrected chi connectivity index (χ0v) is 14.7. The van der Waals surface area contributed by atoms with Gasteiger partial charge in [-0.3, -0.25) is 0 Å². The van der Waals surface area contributed by atoms with Gasteiger partial charge < -0.3 is 9.73 Å². The molecule has 0 atom stereocenters. The summed E-state index contributed by atoms with van der Waals surface area (Å²) in [5.41, 5.74) is 3.19. The molecule has 0 saturated carbocycles. The molecule has 7 heteroatoms. The number of anilines is 2. The van der Waals surface area contributed by atoms with Gasteiger partial charge >= 0.3 is 0 Å². The molecule has 0 amide bonds. The Morgan fingerprint density at radius 2 is 2.00 bits per heavy atom. The first-order chi connectivity index (χ1) is 12.8. The number of aromatic nitrogens is 4. The second-order valence-corrected chi connectivity index (χ2v) is 6.79. The summed E-state index contributed by atoms with van der Waals surface area (Å²) < 4.78 is 7.21. The second-order valence-electron chi connectivity index (χ2n) is 6.35. The van der Waals surface area contributed by atoms with Gasteiger partial charge in [-0.1, -0.05) is 17.7 Å². The van der Waals surface area contributed by atoms with Crippen LogP contribution in [0, 0.1) is 0 Å². The van der Waals surface area contributed by atoms with E-state index in [1.807, 2.05) is 36.4 Å². The largest absolute Gasteiger partial charge is 0.461 e. The van der Waals surface area contributed by atoms with E-state index >= 15 is 0 Å². The van der Waals surface area contributed by atoms with E-state index in [4.69, 9.17) is 21.0 Å². The fraction of sp³-hybridized carbons (Fsp3) is 0.211. The molecule has 130 valence electrons. The summed E-state index contributed by atoms with van der Waals surface area (Å²) in [5.74, 6) is 2.63. The van der Waals surface area contributed by atoms with Crippen LogP contribution in [0.15, 0.2) is 47.1 Å². The van der Waals surface area contributed by atoms with Gasteiger partial charge in [0.2, 0.25) is 5.82 Å². The Balaban J connectivity index is 1.70. The van der Waals surface area contributed by atoms with Gasteiger partial charge in [0.05, 0.1) is 12.0 Å². The van der Waals surface area contributed by atoms with Crippen molar-refractivity contribution < 1.29 is 4.42 Å². The van der Waals surface area contributed by atoms with Crippen LogP contribution in [0.5, 0.6) is 0 Å². The fourth-order valence-electron chi connectivity index (χ4n) is 3.38. The SMILES string of the molecule is Clc1cccc(Nc2c3c(nc4nc(-c5ccco5)nn24)CCCC3)c1. The van der Waals surface area contributed by atoms with E-state index in [9.17, 15) is 0 Å². The van der Waals surface area contributed by atoms with Crippen molar-refractivity contribution in [3.8, 4) is 11.6 Å². The van der Waals surface area contributed by atoms with Crippen molar-refractivity contribution in [2.24, 2.45) is 0 Å². The molecule has 0 saturated heterocycles. The standard InChI is InChI=1S/C19H16ClN5O/c20-12-5-3-6-13(11-12)21-18-14-7-1-2-8-15(14)22-19-23-17(24-25(18)19)16-9-4-10-26-16/h3-6,9-11,21H,1-2,7-8H2. The summed E-state index contributed by atoms with van der Waals surface area (Å²) in [6, 6.07) is 11.3. The van der Waals surface area contributed by atoms with E-state index < -0.39 is 0 Å². The maximum atomic E-state index is 6.14. The van der Waals surface area contributed by atoms with Crippen molar-refractivity contribution in [1.82, 2.24) is 19.6 Å². The zero-order valence-electron chi connectivity index (χ0n) is 13.9. The number of nitrogens with zero attached hydrogens (tertiary/aromatic N) is 4. The molecule has 3 aromatic heterocycles. The van der Waals surface area contributed by atoms with Gasteiger partial charge in [0.15, 0.2) is 5.76 Å². The van der Waals surface area contributed by atoms with Gasteiger partial charge in [0.1, 0.15) is 5.82 Å². The Hall–Kier alpha value is -2.86. The van der Waals surface area contributed by atoms with E-state index in [0.29, 0.717) is 22.4 Å². The quantitative estimate of drug-likeness (QED) is 0.571. The first-order valence-corrected chi connectivity index (χ1v) is 9.01. The summed E-state index contributed by atoms with van der Waals surface area (Å²) in [5, 5.41) is 8.80. The van der Waals surface area contributed by atoms with Crippen molar-refractivity contribution in [2.75, 3.05) is 5.32 Å². The lowest BCUT2D eigenvalue weighted by atomic mass is 9.96. The highest BCUT2D eigenvalue weighted by molar-refractivity contribution is 6.30. The lowest BCUT2D eigenvalue weighted by Gasteiger charge is -2.20. The molecule has 0 bridgehead atoms. The third kappa shape index (κ3) is 2.63. The molecule has 1 aliphatic rings. The molecule has 1 aromatic carbocycles. The number of furan rings is 1. The van der Waals surface area contributed by atoms with Gasteiger partial charge in [-0.15, -0.1) is 5.10 Å². The summed E-state index contributed by atoms with van der Waals surface area (Å²) in [4.78, 5) is 9.31. The zero-order chi connectivity index (χ0) is 17.5. The van der Waals surface area contributed by atoms with E-state index in [1.54, 1.807) is 10.8 Å². The predicted molar refractivity (Wildman–Crippen MR) is 99.9 cm³/mol. The van der Waals surface area contributed by atoms with E-state index in [1.165, 1.54) is 5.56 Å². The van der Waals surface area contributed by atoms with Crippen LogP contribution in [-0.2, 0) is 12.8 Å². The summed E-state index contributed by atoms with van der Waals surface area (Å²) in [6.45, 7) is 0. The Bertz CT molecular complexity index is 1090. The van der Waals surface area contributed by atoms with Gasteiger partial charge in [-0.2, -0.15) is 9.50 Å². The molecule has 1 aliphatic carbocycles. The minimum atomic E-state index is 0.527.